The summed E-state index contributed by atoms with van der Waals surface area (Å²) in [6.45, 7) is 13.1. The van der Waals surface area contributed by atoms with Crippen molar-refractivity contribution in [2.24, 2.45) is 0 Å². The monoisotopic (exact) mass is 517 g/mol. The van der Waals surface area contributed by atoms with Crippen molar-refractivity contribution in [1.82, 2.24) is 24.8 Å². The average Bonchev–Trinajstić information content (AvgIpc) is 2.93. The van der Waals surface area contributed by atoms with Crippen LogP contribution in [0.15, 0.2) is 61.1 Å². The van der Waals surface area contributed by atoms with Gasteiger partial charge in [-0.3, -0.25) is 4.98 Å². The summed E-state index contributed by atoms with van der Waals surface area (Å²) in [7, 11) is 2.18. The minimum absolute atomic E-state index is 0.378. The van der Waals surface area contributed by atoms with Crippen molar-refractivity contribution in [3.8, 4) is 11.3 Å². The molecule has 0 saturated carbocycles. The number of pyridine rings is 2. The molecule has 1 saturated heterocycles. The van der Waals surface area contributed by atoms with E-state index in [4.69, 9.17) is 9.97 Å². The second-order valence-electron chi connectivity index (χ2n) is 10.9. The number of aromatic nitrogens is 4. The minimum Gasteiger partial charge on any atom is -0.369 e. The molecule has 2 aromatic carbocycles. The summed E-state index contributed by atoms with van der Waals surface area (Å²) in [4.78, 5) is 24.0. The highest BCUT2D eigenvalue weighted by Gasteiger charge is 2.19. The highest BCUT2D eigenvalue weighted by atomic mass is 15.2. The molecule has 0 aliphatic carbocycles. The molecule has 1 aliphatic rings. The SMILES string of the molecule is Cc1cc(Nc2ncc3nc(-c4c(C)cccc4C(C)C)c4ccncc4c3n2)ccc1N1CCN(C)CC1. The van der Waals surface area contributed by atoms with Gasteiger partial charge in [-0.15, -0.1) is 0 Å². The number of benzene rings is 2. The number of likely N-dealkylation sites (N-methyl/N-ethyl adjacent to an activating group) is 1. The molecule has 4 heterocycles. The molecule has 0 radical (unpaired) electrons. The van der Waals surface area contributed by atoms with Crippen molar-refractivity contribution in [2.75, 3.05) is 43.4 Å². The number of nitrogens with one attached hydrogen (secondary N) is 1. The van der Waals surface area contributed by atoms with Crippen molar-refractivity contribution >= 4 is 39.1 Å². The fourth-order valence-corrected chi connectivity index (χ4v) is 5.64. The third kappa shape index (κ3) is 4.79. The van der Waals surface area contributed by atoms with E-state index in [1.807, 2.05) is 24.7 Å². The van der Waals surface area contributed by atoms with Crippen LogP contribution in [0, 0.1) is 13.8 Å². The number of rotatable bonds is 5. The highest BCUT2D eigenvalue weighted by molar-refractivity contribution is 6.09. The van der Waals surface area contributed by atoms with E-state index in [1.165, 1.54) is 27.9 Å². The number of nitrogens with zero attached hydrogens (tertiary/aromatic N) is 6. The molecule has 1 fully saturated rings. The maximum absolute atomic E-state index is 5.12. The zero-order chi connectivity index (χ0) is 27.1. The molecule has 1 aliphatic heterocycles. The number of hydrogen-bond donors (Lipinski definition) is 1. The average molecular weight is 518 g/mol. The standard InChI is InChI=1S/C32H35N7/c1-20(2)24-8-6-7-21(3)29(24)31-25-11-12-33-18-26(25)30-27(36-31)19-34-32(37-30)35-23-9-10-28(22(4)17-23)39-15-13-38(5)14-16-39/h6-12,17-20H,13-16H2,1-5H3,(H,34,35,37). The Morgan fingerprint density at radius 1 is 0.872 bits per heavy atom. The molecule has 0 unspecified atom stereocenters. The molecule has 7 nitrogen and oxygen atoms in total. The first-order chi connectivity index (χ1) is 18.9. The molecule has 0 amide bonds. The summed E-state index contributed by atoms with van der Waals surface area (Å²) < 4.78 is 0. The molecule has 39 heavy (non-hydrogen) atoms. The van der Waals surface area contributed by atoms with Gasteiger partial charge in [-0.2, -0.15) is 0 Å². The van der Waals surface area contributed by atoms with Gasteiger partial charge in [0.1, 0.15) is 11.0 Å². The maximum Gasteiger partial charge on any atom is 0.227 e. The number of aryl methyl sites for hydroxylation is 2. The fraction of sp³-hybridized carbons (Fsp3) is 0.312. The normalized spacial score (nSPS) is 14.5. The van der Waals surface area contributed by atoms with Crippen molar-refractivity contribution in [2.45, 2.75) is 33.6 Å². The summed E-state index contributed by atoms with van der Waals surface area (Å²) >= 11 is 0. The molecule has 6 rings (SSSR count). The van der Waals surface area contributed by atoms with Gasteiger partial charge in [0, 0.05) is 66.3 Å². The second-order valence-corrected chi connectivity index (χ2v) is 10.9. The quantitative estimate of drug-likeness (QED) is 0.268. The van der Waals surface area contributed by atoms with Crippen molar-refractivity contribution in [1.29, 1.82) is 0 Å². The van der Waals surface area contributed by atoms with E-state index in [0.717, 1.165) is 59.4 Å². The molecule has 0 spiro atoms. The zero-order valence-electron chi connectivity index (χ0n) is 23.4. The van der Waals surface area contributed by atoms with Crippen LogP contribution in [0.4, 0.5) is 17.3 Å². The van der Waals surface area contributed by atoms with E-state index >= 15 is 0 Å². The lowest BCUT2D eigenvalue weighted by Crippen LogP contribution is -2.44. The van der Waals surface area contributed by atoms with E-state index in [9.17, 15) is 0 Å². The zero-order valence-corrected chi connectivity index (χ0v) is 23.4. The Hall–Kier alpha value is -4.10. The van der Waals surface area contributed by atoms with E-state index in [1.54, 1.807) is 0 Å². The Morgan fingerprint density at radius 2 is 1.69 bits per heavy atom. The van der Waals surface area contributed by atoms with Gasteiger partial charge in [0.05, 0.1) is 11.9 Å². The first kappa shape index (κ1) is 25.2. The van der Waals surface area contributed by atoms with Crippen LogP contribution in [0.2, 0.25) is 0 Å². The minimum atomic E-state index is 0.378. The summed E-state index contributed by atoms with van der Waals surface area (Å²) in [5, 5.41) is 5.44. The molecule has 0 bridgehead atoms. The molecule has 1 N–H and O–H groups in total. The summed E-state index contributed by atoms with van der Waals surface area (Å²) in [5.41, 5.74) is 9.70. The molecule has 0 atom stereocenters. The van der Waals surface area contributed by atoms with E-state index in [2.05, 4.69) is 96.2 Å². The topological polar surface area (TPSA) is 70.1 Å². The Kier molecular flexibility index (Phi) is 6.61. The highest BCUT2D eigenvalue weighted by Crippen LogP contribution is 2.37. The van der Waals surface area contributed by atoms with Crippen molar-refractivity contribution < 1.29 is 0 Å². The predicted molar refractivity (Wildman–Crippen MR) is 161 cm³/mol. The van der Waals surface area contributed by atoms with Crippen LogP contribution in [0.3, 0.4) is 0 Å². The summed E-state index contributed by atoms with van der Waals surface area (Å²) in [6.07, 6.45) is 5.54. The number of anilines is 3. The first-order valence-corrected chi connectivity index (χ1v) is 13.7. The Morgan fingerprint density at radius 3 is 2.46 bits per heavy atom. The smallest absolute Gasteiger partial charge is 0.227 e. The van der Waals surface area contributed by atoms with Crippen LogP contribution in [-0.2, 0) is 0 Å². The fourth-order valence-electron chi connectivity index (χ4n) is 5.64. The number of fused-ring (bicyclic) bond motifs is 3. The van der Waals surface area contributed by atoms with Crippen LogP contribution in [0.1, 0.15) is 36.5 Å². The van der Waals surface area contributed by atoms with E-state index in [0.29, 0.717) is 11.9 Å². The Balaban J connectivity index is 1.38. The summed E-state index contributed by atoms with van der Waals surface area (Å²) in [6, 6.07) is 15.0. The Bertz CT molecular complexity index is 1670. The number of piperazine rings is 1. The van der Waals surface area contributed by atoms with Gasteiger partial charge in [-0.1, -0.05) is 32.0 Å². The van der Waals surface area contributed by atoms with Crippen LogP contribution >= 0.6 is 0 Å². The Labute approximate surface area is 230 Å². The summed E-state index contributed by atoms with van der Waals surface area (Å²) in [5.74, 6) is 0.927. The molecule has 7 heteroatoms. The van der Waals surface area contributed by atoms with Gasteiger partial charge < -0.3 is 15.1 Å². The number of hydrogen-bond acceptors (Lipinski definition) is 7. The lowest BCUT2D eigenvalue weighted by atomic mass is 9.90. The van der Waals surface area contributed by atoms with Gasteiger partial charge in [-0.25, -0.2) is 15.0 Å². The maximum atomic E-state index is 5.12. The van der Waals surface area contributed by atoms with Gasteiger partial charge in [0.2, 0.25) is 5.95 Å². The third-order valence-corrected chi connectivity index (χ3v) is 7.79. The van der Waals surface area contributed by atoms with E-state index < -0.39 is 0 Å². The molecule has 5 aromatic rings. The van der Waals surface area contributed by atoms with Gasteiger partial charge in [-0.05, 0) is 67.8 Å². The van der Waals surface area contributed by atoms with Crippen molar-refractivity contribution in [3.63, 3.8) is 0 Å². The van der Waals surface area contributed by atoms with Gasteiger partial charge >= 0.3 is 0 Å². The largest absolute Gasteiger partial charge is 0.369 e. The molecule has 198 valence electrons. The van der Waals surface area contributed by atoms with E-state index in [-0.39, 0.29) is 0 Å². The van der Waals surface area contributed by atoms with Crippen LogP contribution in [0.25, 0.3) is 33.1 Å². The lowest BCUT2D eigenvalue weighted by molar-refractivity contribution is 0.312. The van der Waals surface area contributed by atoms with Gasteiger partial charge in [0.15, 0.2) is 0 Å². The second kappa shape index (κ2) is 10.2. The lowest BCUT2D eigenvalue weighted by Gasteiger charge is -2.35. The van der Waals surface area contributed by atoms with Crippen LogP contribution in [0.5, 0.6) is 0 Å². The molecular formula is C32H35N7. The van der Waals surface area contributed by atoms with Crippen LogP contribution in [-0.4, -0.2) is 58.1 Å². The van der Waals surface area contributed by atoms with Crippen molar-refractivity contribution in [3.05, 3.63) is 77.7 Å². The third-order valence-electron chi connectivity index (χ3n) is 7.79. The first-order valence-electron chi connectivity index (χ1n) is 13.7. The van der Waals surface area contributed by atoms with Gasteiger partial charge in [0.25, 0.3) is 0 Å². The molecule has 3 aromatic heterocycles. The predicted octanol–water partition coefficient (Wildman–Crippen LogP) is 6.48. The van der Waals surface area contributed by atoms with Crippen LogP contribution < -0.4 is 10.2 Å². The molecular weight excluding hydrogens is 482 g/mol.